The van der Waals surface area contributed by atoms with E-state index < -0.39 is 30.3 Å². The average molecular weight is 487 g/mol. The third kappa shape index (κ3) is 4.28. The number of rotatable bonds is 4. The number of ketones is 1. The van der Waals surface area contributed by atoms with Gasteiger partial charge in [-0.1, -0.05) is 6.92 Å². The smallest absolute Gasteiger partial charge is 0.366 e. The first-order valence-electron chi connectivity index (χ1n) is 11.4. The fourth-order valence-electron chi connectivity index (χ4n) is 4.60. The number of hydrogen-bond donors (Lipinski definition) is 2. The van der Waals surface area contributed by atoms with Gasteiger partial charge in [-0.3, -0.25) is 20.1 Å². The Morgan fingerprint density at radius 2 is 2.03 bits per heavy atom. The molecule has 12 heteroatoms. The fraction of sp³-hybridized carbons (Fsp3) is 0.435. The zero-order valence-electron chi connectivity index (χ0n) is 19.2. The molecule has 3 aromatic rings. The number of amides is 2. The van der Waals surface area contributed by atoms with Crippen molar-refractivity contribution in [3.05, 3.63) is 35.7 Å². The van der Waals surface area contributed by atoms with Crippen molar-refractivity contribution < 1.29 is 22.8 Å². The van der Waals surface area contributed by atoms with Crippen LogP contribution in [-0.2, 0) is 0 Å². The van der Waals surface area contributed by atoms with Crippen molar-refractivity contribution >= 4 is 40.2 Å². The van der Waals surface area contributed by atoms with Crippen LogP contribution < -0.4 is 15.1 Å². The summed E-state index contributed by atoms with van der Waals surface area (Å²) in [6, 6.07) is 6.03. The zero-order chi connectivity index (χ0) is 24.9. The second-order valence-electron chi connectivity index (χ2n) is 9.07. The summed E-state index contributed by atoms with van der Waals surface area (Å²) in [4.78, 5) is 38.4. The number of alkyl halides is 3. The molecule has 2 atom stereocenters. The van der Waals surface area contributed by atoms with Crippen LogP contribution in [-0.4, -0.2) is 57.3 Å². The Bertz CT molecular complexity index is 1310. The van der Waals surface area contributed by atoms with Gasteiger partial charge < -0.3 is 4.90 Å². The van der Waals surface area contributed by atoms with E-state index in [0.717, 1.165) is 32.0 Å². The molecule has 5 rings (SSSR count). The van der Waals surface area contributed by atoms with Crippen molar-refractivity contribution in [1.29, 1.82) is 0 Å². The van der Waals surface area contributed by atoms with Crippen molar-refractivity contribution in [2.45, 2.75) is 45.3 Å². The van der Waals surface area contributed by atoms with Crippen LogP contribution in [0.15, 0.2) is 24.3 Å². The van der Waals surface area contributed by atoms with Crippen LogP contribution in [0.2, 0.25) is 0 Å². The normalized spacial score (nSPS) is 18.4. The molecule has 0 aliphatic carbocycles. The van der Waals surface area contributed by atoms with Crippen molar-refractivity contribution in [3.8, 4) is 0 Å². The summed E-state index contributed by atoms with van der Waals surface area (Å²) < 4.78 is 38.9. The van der Waals surface area contributed by atoms with E-state index >= 15 is 0 Å². The van der Waals surface area contributed by atoms with Crippen LogP contribution in [0.4, 0.5) is 35.3 Å². The van der Waals surface area contributed by atoms with Gasteiger partial charge in [0, 0.05) is 25.2 Å². The molecule has 9 nitrogen and oxygen atoms in total. The number of hydrogen-bond acceptors (Lipinski definition) is 6. The third-order valence-corrected chi connectivity index (χ3v) is 6.53. The average Bonchev–Trinajstić information content (AvgIpc) is 3.19. The van der Waals surface area contributed by atoms with Gasteiger partial charge >= 0.3 is 12.2 Å². The molecule has 2 amide bonds. The molecule has 2 aliphatic rings. The first-order valence-corrected chi connectivity index (χ1v) is 11.4. The van der Waals surface area contributed by atoms with E-state index in [-0.39, 0.29) is 17.6 Å². The van der Waals surface area contributed by atoms with Crippen molar-refractivity contribution in [2.24, 2.45) is 5.92 Å². The minimum Gasteiger partial charge on any atom is -0.366 e. The summed E-state index contributed by atoms with van der Waals surface area (Å²) in [7, 11) is 0. The summed E-state index contributed by atoms with van der Waals surface area (Å²) in [6.07, 6.45) is -3.58. The minimum atomic E-state index is -4.47. The third-order valence-electron chi connectivity index (χ3n) is 6.53. The molecule has 2 aliphatic heterocycles. The molecular weight excluding hydrogens is 463 g/mol. The molecular formula is C23H24F3N7O2. The summed E-state index contributed by atoms with van der Waals surface area (Å²) in [5.41, 5.74) is 1.91. The Morgan fingerprint density at radius 3 is 2.80 bits per heavy atom. The molecule has 1 saturated heterocycles. The number of halogens is 3. The Hall–Kier alpha value is -3.70. The molecule has 2 N–H and O–H groups in total. The molecule has 184 valence electrons. The van der Waals surface area contributed by atoms with Crippen molar-refractivity contribution in [1.82, 2.24) is 20.2 Å². The van der Waals surface area contributed by atoms with E-state index in [1.807, 2.05) is 13.0 Å². The number of nitrogens with zero attached hydrogens (tertiary/aromatic N) is 5. The van der Waals surface area contributed by atoms with Gasteiger partial charge in [-0.15, -0.1) is 0 Å². The van der Waals surface area contributed by atoms with Crippen molar-refractivity contribution in [2.75, 3.05) is 28.2 Å². The van der Waals surface area contributed by atoms with Gasteiger partial charge in [-0.25, -0.2) is 14.8 Å². The minimum absolute atomic E-state index is 0.0938. The molecule has 0 unspecified atom stereocenters. The molecule has 3 aromatic heterocycles. The van der Waals surface area contributed by atoms with Crippen LogP contribution >= 0.6 is 0 Å². The SMILES string of the molecule is Cc1ccc2c(NC(=O)N3c4nc(C(=O)C[C@H](C)C(F)(F)F)ccc4N4CCC[C@H]3C4)n[nH]c2n1. The van der Waals surface area contributed by atoms with Crippen LogP contribution in [0.3, 0.4) is 0 Å². The van der Waals surface area contributed by atoms with Gasteiger partial charge in [0.2, 0.25) is 0 Å². The standard InChI is InChI=1S/C23H24F3N7O2/c1-12(23(24,25)26)10-18(34)16-7-8-17-21(28-16)33(14-4-3-9-32(17)11-14)22(35)29-20-15-6-5-13(2)27-19(15)30-31-20/h5-8,12,14H,3-4,9-11H2,1-2H3,(H2,27,29,30,31,35)/t12-,14-/m0/s1. The number of H-pyrrole nitrogens is 1. The number of anilines is 3. The maximum absolute atomic E-state index is 13.5. The van der Waals surface area contributed by atoms with E-state index in [2.05, 4.69) is 30.4 Å². The van der Waals surface area contributed by atoms with Crippen LogP contribution in [0.25, 0.3) is 11.0 Å². The molecule has 0 saturated carbocycles. The number of nitrogens with one attached hydrogen (secondary N) is 2. The van der Waals surface area contributed by atoms with E-state index in [9.17, 15) is 22.8 Å². The van der Waals surface area contributed by atoms with E-state index in [1.165, 1.54) is 11.0 Å². The summed E-state index contributed by atoms with van der Waals surface area (Å²) in [5.74, 6) is -1.94. The van der Waals surface area contributed by atoms with Crippen molar-refractivity contribution in [3.63, 3.8) is 0 Å². The number of Topliss-reactive ketones (excluding diaryl/α,β-unsaturated/α-hetero) is 1. The van der Waals surface area contributed by atoms with Gasteiger partial charge in [0.25, 0.3) is 0 Å². The molecule has 2 bridgehead atoms. The first kappa shape index (κ1) is 23.1. The Balaban J connectivity index is 1.47. The van der Waals surface area contributed by atoms with Gasteiger partial charge in [0.05, 0.1) is 23.0 Å². The Labute approximate surface area is 198 Å². The predicted octanol–water partition coefficient (Wildman–Crippen LogP) is 4.45. The lowest BCUT2D eigenvalue weighted by atomic mass is 9.98. The van der Waals surface area contributed by atoms with E-state index in [1.54, 1.807) is 12.1 Å². The Morgan fingerprint density at radius 1 is 1.23 bits per heavy atom. The topological polar surface area (TPSA) is 107 Å². The molecule has 5 heterocycles. The number of urea groups is 1. The highest BCUT2D eigenvalue weighted by atomic mass is 19.4. The molecule has 0 spiro atoms. The number of aromatic amines is 1. The first-order chi connectivity index (χ1) is 16.6. The Kier molecular flexibility index (Phi) is 5.60. The number of aromatic nitrogens is 4. The van der Waals surface area contributed by atoms with Crippen LogP contribution in [0.1, 0.15) is 42.4 Å². The summed E-state index contributed by atoms with van der Waals surface area (Å²) >= 11 is 0. The van der Waals surface area contributed by atoms with Crippen LogP contribution in [0, 0.1) is 12.8 Å². The van der Waals surface area contributed by atoms with Gasteiger partial charge in [-0.05, 0) is 44.0 Å². The zero-order valence-corrected chi connectivity index (χ0v) is 19.2. The largest absolute Gasteiger partial charge is 0.391 e. The highest BCUT2D eigenvalue weighted by Gasteiger charge is 2.40. The monoisotopic (exact) mass is 487 g/mol. The van der Waals surface area contributed by atoms with Crippen LogP contribution in [0.5, 0.6) is 0 Å². The van der Waals surface area contributed by atoms with Gasteiger partial charge in [-0.2, -0.15) is 18.3 Å². The quantitative estimate of drug-likeness (QED) is 0.527. The predicted molar refractivity (Wildman–Crippen MR) is 124 cm³/mol. The molecule has 35 heavy (non-hydrogen) atoms. The number of fused-ring (bicyclic) bond motifs is 5. The maximum Gasteiger partial charge on any atom is 0.391 e. The number of carbonyl (C=O) groups excluding carboxylic acids is 2. The fourth-order valence-corrected chi connectivity index (χ4v) is 4.60. The lowest BCUT2D eigenvalue weighted by molar-refractivity contribution is -0.168. The molecule has 0 aromatic carbocycles. The highest BCUT2D eigenvalue weighted by Crippen LogP contribution is 2.39. The van der Waals surface area contributed by atoms with E-state index in [4.69, 9.17) is 0 Å². The second kappa shape index (κ2) is 8.51. The van der Waals surface area contributed by atoms with Gasteiger partial charge in [0.1, 0.15) is 5.69 Å². The lowest BCUT2D eigenvalue weighted by Gasteiger charge is -2.45. The van der Waals surface area contributed by atoms with E-state index in [0.29, 0.717) is 29.1 Å². The second-order valence-corrected chi connectivity index (χ2v) is 9.07. The highest BCUT2D eigenvalue weighted by molar-refractivity contribution is 6.07. The molecule has 1 fully saturated rings. The molecule has 0 radical (unpaired) electrons. The number of carbonyl (C=O) groups is 2. The lowest BCUT2D eigenvalue weighted by Crippen LogP contribution is -2.56. The number of aryl methyl sites for hydroxylation is 1. The number of pyridine rings is 2. The summed E-state index contributed by atoms with van der Waals surface area (Å²) in [6.45, 7) is 4.19. The maximum atomic E-state index is 13.5. The van der Waals surface area contributed by atoms with Gasteiger partial charge in [0.15, 0.2) is 23.1 Å². The summed E-state index contributed by atoms with van der Waals surface area (Å²) in [5, 5.41) is 10.4. The number of piperidine rings is 1.